The molecule has 0 saturated carbocycles. The van der Waals surface area contributed by atoms with E-state index < -0.39 is 0 Å². The molecular weight excluding hydrogens is 488 g/mol. The Balaban J connectivity index is 1.40. The van der Waals surface area contributed by atoms with Gasteiger partial charge in [0, 0.05) is 34.5 Å². The Morgan fingerprint density at radius 1 is 0.667 bits per heavy atom. The summed E-state index contributed by atoms with van der Waals surface area (Å²) in [6.07, 6.45) is 6.87. The lowest BCUT2D eigenvalue weighted by atomic mass is 9.98. The number of hydrogen-bond donors (Lipinski definition) is 2. The van der Waals surface area contributed by atoms with Crippen molar-refractivity contribution in [2.45, 2.75) is 0 Å². The molecule has 0 heterocycles. The van der Waals surface area contributed by atoms with Crippen LogP contribution in [0.2, 0.25) is 0 Å². The van der Waals surface area contributed by atoms with Gasteiger partial charge < -0.3 is 20.9 Å². The van der Waals surface area contributed by atoms with Crippen LogP contribution in [-0.4, -0.2) is 18.1 Å². The number of benzene rings is 4. The average Bonchev–Trinajstić information content (AvgIpc) is 2.97. The maximum Gasteiger partial charge on any atom is 0.193 e. The average molecular weight is 517 g/mol. The zero-order valence-electron chi connectivity index (χ0n) is 21.2. The minimum atomic E-state index is -0.158. The highest BCUT2D eigenvalue weighted by Crippen LogP contribution is 2.24. The fraction of sp³-hybridized carbons (Fsp3) is 0.0303. The third-order valence-corrected chi connectivity index (χ3v) is 5.69. The molecule has 39 heavy (non-hydrogen) atoms. The number of hydrogen-bond acceptors (Lipinski definition) is 6. The molecule has 0 spiro atoms. The van der Waals surface area contributed by atoms with E-state index in [1.165, 1.54) is 0 Å². The first kappa shape index (κ1) is 26.9. The van der Waals surface area contributed by atoms with E-state index in [-0.39, 0.29) is 11.6 Å². The molecule has 4 aromatic carbocycles. The first-order valence-electron chi connectivity index (χ1n) is 12.3. The fourth-order valence-corrected chi connectivity index (χ4v) is 3.69. The fourth-order valence-electron chi connectivity index (χ4n) is 3.69. The standard InChI is InChI=1S/C33H28N2O4/c1-2-4-28(5-3-22-34)38-29-16-10-25(11-17-29)32(36)23-6-8-24(9-7-23)33(37)26-12-18-30(19-13-26)39-31-20-14-27(35)15-21-31/h2-21H,1,22,34-35H2/b5-3-,28-4+. The molecule has 0 fully saturated rings. The summed E-state index contributed by atoms with van der Waals surface area (Å²) in [5.41, 5.74) is 13.8. The van der Waals surface area contributed by atoms with Crippen molar-refractivity contribution in [3.63, 3.8) is 0 Å². The summed E-state index contributed by atoms with van der Waals surface area (Å²) in [5, 5.41) is 0. The molecule has 0 aliphatic rings. The summed E-state index contributed by atoms with van der Waals surface area (Å²) in [7, 11) is 0. The van der Waals surface area contributed by atoms with E-state index in [9.17, 15) is 9.59 Å². The number of rotatable bonds is 11. The molecule has 0 saturated heterocycles. The molecular formula is C33H28N2O4. The lowest BCUT2D eigenvalue weighted by molar-refractivity contribution is 0.102. The van der Waals surface area contributed by atoms with E-state index in [1.54, 1.807) is 121 Å². The van der Waals surface area contributed by atoms with Gasteiger partial charge in [0.15, 0.2) is 11.6 Å². The molecule has 0 aromatic heterocycles. The van der Waals surface area contributed by atoms with Crippen molar-refractivity contribution >= 4 is 17.3 Å². The van der Waals surface area contributed by atoms with E-state index in [1.807, 2.05) is 0 Å². The smallest absolute Gasteiger partial charge is 0.193 e. The van der Waals surface area contributed by atoms with Crippen LogP contribution in [0.5, 0.6) is 17.2 Å². The summed E-state index contributed by atoms with van der Waals surface area (Å²) in [6.45, 7) is 4.07. The highest BCUT2D eigenvalue weighted by molar-refractivity contribution is 6.11. The van der Waals surface area contributed by atoms with E-state index in [2.05, 4.69) is 6.58 Å². The lowest BCUT2D eigenvalue weighted by Gasteiger charge is -2.08. The van der Waals surface area contributed by atoms with Crippen molar-refractivity contribution in [2.24, 2.45) is 5.73 Å². The molecule has 0 bridgehead atoms. The number of carbonyl (C=O) groups is 2. The van der Waals surface area contributed by atoms with Crippen molar-refractivity contribution in [3.05, 3.63) is 156 Å². The molecule has 4 rings (SSSR count). The second-order valence-corrected chi connectivity index (χ2v) is 8.50. The number of allylic oxidation sites excluding steroid dienone is 3. The Morgan fingerprint density at radius 3 is 1.51 bits per heavy atom. The van der Waals surface area contributed by atoms with Gasteiger partial charge in [-0.1, -0.05) is 43.0 Å². The SMILES string of the molecule is C=C/C=C(\C=C/CN)Oc1ccc(C(=O)c2ccc(C(=O)c3ccc(Oc4ccc(N)cc4)cc3)cc2)cc1. The topological polar surface area (TPSA) is 105 Å². The van der Waals surface area contributed by atoms with Crippen LogP contribution < -0.4 is 20.9 Å². The van der Waals surface area contributed by atoms with Crippen LogP contribution in [0.3, 0.4) is 0 Å². The molecule has 0 radical (unpaired) electrons. The number of ketones is 2. The molecule has 0 unspecified atom stereocenters. The van der Waals surface area contributed by atoms with Crippen LogP contribution in [0, 0.1) is 0 Å². The second kappa shape index (κ2) is 12.9. The molecule has 4 aromatic rings. The molecule has 6 heteroatoms. The predicted octanol–water partition coefficient (Wildman–Crippen LogP) is 6.49. The normalized spacial score (nSPS) is 11.3. The lowest BCUT2D eigenvalue weighted by Crippen LogP contribution is -2.04. The van der Waals surface area contributed by atoms with Crippen molar-refractivity contribution in [2.75, 3.05) is 12.3 Å². The van der Waals surface area contributed by atoms with E-state index in [0.29, 0.717) is 57.5 Å². The number of anilines is 1. The third-order valence-electron chi connectivity index (χ3n) is 5.69. The highest BCUT2D eigenvalue weighted by Gasteiger charge is 2.13. The number of carbonyl (C=O) groups excluding carboxylic acids is 2. The van der Waals surface area contributed by atoms with E-state index >= 15 is 0 Å². The van der Waals surface area contributed by atoms with Crippen molar-refractivity contribution in [3.8, 4) is 17.2 Å². The van der Waals surface area contributed by atoms with Gasteiger partial charge in [0.25, 0.3) is 0 Å². The van der Waals surface area contributed by atoms with E-state index in [4.69, 9.17) is 20.9 Å². The summed E-state index contributed by atoms with van der Waals surface area (Å²) in [6, 6.07) is 27.4. The summed E-state index contributed by atoms with van der Waals surface area (Å²) < 4.78 is 11.6. The van der Waals surface area contributed by atoms with Crippen LogP contribution in [0.1, 0.15) is 31.8 Å². The zero-order valence-corrected chi connectivity index (χ0v) is 21.2. The number of nitrogen functional groups attached to an aromatic ring is 1. The van der Waals surface area contributed by atoms with Crippen molar-refractivity contribution in [1.82, 2.24) is 0 Å². The van der Waals surface area contributed by atoms with Gasteiger partial charge in [-0.05, 0) is 84.9 Å². The number of nitrogens with two attached hydrogens (primary N) is 2. The van der Waals surface area contributed by atoms with Gasteiger partial charge in [0.05, 0.1) is 0 Å². The first-order chi connectivity index (χ1) is 19.0. The van der Waals surface area contributed by atoms with Gasteiger partial charge >= 0.3 is 0 Å². The van der Waals surface area contributed by atoms with Gasteiger partial charge in [-0.25, -0.2) is 0 Å². The summed E-state index contributed by atoms with van der Waals surface area (Å²) >= 11 is 0. The van der Waals surface area contributed by atoms with Crippen molar-refractivity contribution < 1.29 is 19.1 Å². The number of ether oxygens (including phenoxy) is 2. The first-order valence-corrected chi connectivity index (χ1v) is 12.3. The maximum atomic E-state index is 13.0. The Morgan fingerprint density at radius 2 is 1.08 bits per heavy atom. The summed E-state index contributed by atoms with van der Waals surface area (Å²) in [5.74, 6) is 2.11. The van der Waals surface area contributed by atoms with Crippen LogP contribution in [-0.2, 0) is 0 Å². The van der Waals surface area contributed by atoms with Gasteiger partial charge in [0.2, 0.25) is 0 Å². The molecule has 4 N–H and O–H groups in total. The molecule has 0 aliphatic carbocycles. The summed E-state index contributed by atoms with van der Waals surface area (Å²) in [4.78, 5) is 26.0. The molecule has 0 atom stereocenters. The minimum Gasteiger partial charge on any atom is -0.457 e. The van der Waals surface area contributed by atoms with Gasteiger partial charge in [-0.3, -0.25) is 9.59 Å². The highest BCUT2D eigenvalue weighted by atomic mass is 16.5. The minimum absolute atomic E-state index is 0.151. The van der Waals surface area contributed by atoms with Crippen LogP contribution in [0.25, 0.3) is 0 Å². The quantitative estimate of drug-likeness (QED) is 0.102. The Hall–Kier alpha value is -5.20. The molecule has 194 valence electrons. The van der Waals surface area contributed by atoms with Crippen LogP contribution in [0.15, 0.2) is 134 Å². The Labute approximate surface area is 227 Å². The second-order valence-electron chi connectivity index (χ2n) is 8.50. The zero-order chi connectivity index (χ0) is 27.6. The Bertz CT molecular complexity index is 1500. The van der Waals surface area contributed by atoms with Gasteiger partial charge in [-0.2, -0.15) is 0 Å². The van der Waals surface area contributed by atoms with Crippen LogP contribution in [0.4, 0.5) is 5.69 Å². The molecule has 0 aliphatic heterocycles. The Kier molecular flexibility index (Phi) is 8.85. The van der Waals surface area contributed by atoms with Gasteiger partial charge in [-0.15, -0.1) is 0 Å². The predicted molar refractivity (Wildman–Crippen MR) is 154 cm³/mol. The monoisotopic (exact) mass is 516 g/mol. The third kappa shape index (κ3) is 7.19. The molecule has 0 amide bonds. The van der Waals surface area contributed by atoms with E-state index in [0.717, 1.165) is 0 Å². The molecule has 6 nitrogen and oxygen atoms in total. The van der Waals surface area contributed by atoms with Gasteiger partial charge in [0.1, 0.15) is 23.0 Å². The maximum absolute atomic E-state index is 13.0. The van der Waals surface area contributed by atoms with Crippen molar-refractivity contribution in [1.29, 1.82) is 0 Å². The largest absolute Gasteiger partial charge is 0.457 e. The van der Waals surface area contributed by atoms with Crippen LogP contribution >= 0.6 is 0 Å².